The van der Waals surface area contributed by atoms with Crippen LogP contribution in [0.25, 0.3) is 0 Å². The van der Waals surface area contributed by atoms with Gasteiger partial charge in [0.15, 0.2) is 0 Å². The molecule has 0 radical (unpaired) electrons. The first-order valence-corrected chi connectivity index (χ1v) is 7.94. The third-order valence-electron chi connectivity index (χ3n) is 4.20. The van der Waals surface area contributed by atoms with Gasteiger partial charge in [-0.05, 0) is 25.7 Å². The molecule has 0 spiro atoms. The van der Waals surface area contributed by atoms with Crippen molar-refractivity contribution >= 4 is 5.91 Å². The number of amides is 1. The summed E-state index contributed by atoms with van der Waals surface area (Å²) in [5.74, 6) is 0.658. The van der Waals surface area contributed by atoms with Crippen LogP contribution >= 0.6 is 0 Å². The summed E-state index contributed by atoms with van der Waals surface area (Å²) in [6.07, 6.45) is 2.26. The Balaban J connectivity index is 2.37. The molecule has 2 N–H and O–H groups in total. The zero-order valence-corrected chi connectivity index (χ0v) is 14.0. The Labute approximate surface area is 124 Å². The summed E-state index contributed by atoms with van der Waals surface area (Å²) in [5.41, 5.74) is 0.0915. The summed E-state index contributed by atoms with van der Waals surface area (Å²) < 4.78 is 5.95. The van der Waals surface area contributed by atoms with Crippen molar-refractivity contribution in [1.82, 2.24) is 10.6 Å². The van der Waals surface area contributed by atoms with Crippen molar-refractivity contribution in [2.75, 3.05) is 13.2 Å². The molecule has 0 aromatic heterocycles. The molecule has 4 heteroatoms. The van der Waals surface area contributed by atoms with Gasteiger partial charge in [0.2, 0.25) is 5.91 Å². The van der Waals surface area contributed by atoms with E-state index in [1.807, 2.05) is 6.92 Å². The van der Waals surface area contributed by atoms with Crippen LogP contribution in [-0.2, 0) is 9.53 Å². The minimum absolute atomic E-state index is 0.0915. The predicted molar refractivity (Wildman–Crippen MR) is 82.7 cm³/mol. The van der Waals surface area contributed by atoms with Crippen LogP contribution < -0.4 is 10.6 Å². The Morgan fingerprint density at radius 2 is 2.00 bits per heavy atom. The average molecular weight is 284 g/mol. The van der Waals surface area contributed by atoms with E-state index < -0.39 is 0 Å². The molecule has 20 heavy (non-hydrogen) atoms. The number of hydrogen-bond donors (Lipinski definition) is 2. The van der Waals surface area contributed by atoms with Gasteiger partial charge in [0.25, 0.3) is 0 Å². The molecule has 3 atom stereocenters. The van der Waals surface area contributed by atoms with E-state index in [4.69, 9.17) is 4.74 Å². The van der Waals surface area contributed by atoms with Gasteiger partial charge < -0.3 is 15.4 Å². The fraction of sp³-hybridized carbons (Fsp3) is 0.938. The standard InChI is InChI=1S/C16H32N2O2/c1-7-8-17-15(19)12(4)18-13-9-14(16(13,5)6)20-10-11(2)3/h11-14,18H,7-10H2,1-6H3,(H,17,19). The fourth-order valence-corrected chi connectivity index (χ4v) is 2.54. The van der Waals surface area contributed by atoms with Crippen LogP contribution in [0.4, 0.5) is 0 Å². The van der Waals surface area contributed by atoms with Gasteiger partial charge >= 0.3 is 0 Å². The summed E-state index contributed by atoms with van der Waals surface area (Å²) in [4.78, 5) is 11.9. The second-order valence-corrected chi connectivity index (χ2v) is 7.00. The summed E-state index contributed by atoms with van der Waals surface area (Å²) in [5, 5.41) is 6.37. The Kier molecular flexibility index (Phi) is 6.46. The van der Waals surface area contributed by atoms with Gasteiger partial charge in [-0.3, -0.25) is 4.79 Å². The third kappa shape index (κ3) is 4.45. The Morgan fingerprint density at radius 3 is 2.50 bits per heavy atom. The van der Waals surface area contributed by atoms with Crippen molar-refractivity contribution in [3.8, 4) is 0 Å². The van der Waals surface area contributed by atoms with Gasteiger partial charge in [-0.15, -0.1) is 0 Å². The highest BCUT2D eigenvalue weighted by Gasteiger charge is 2.49. The van der Waals surface area contributed by atoms with E-state index in [-0.39, 0.29) is 17.4 Å². The maximum absolute atomic E-state index is 11.9. The first kappa shape index (κ1) is 17.4. The van der Waals surface area contributed by atoms with Crippen LogP contribution in [0.15, 0.2) is 0 Å². The smallest absolute Gasteiger partial charge is 0.236 e. The molecule has 1 saturated carbocycles. The van der Waals surface area contributed by atoms with Crippen molar-refractivity contribution < 1.29 is 9.53 Å². The van der Waals surface area contributed by atoms with Gasteiger partial charge in [-0.1, -0.05) is 34.6 Å². The van der Waals surface area contributed by atoms with Crippen molar-refractivity contribution in [2.24, 2.45) is 11.3 Å². The van der Waals surface area contributed by atoms with Crippen LogP contribution in [-0.4, -0.2) is 37.2 Å². The van der Waals surface area contributed by atoms with Gasteiger partial charge in [0.1, 0.15) is 0 Å². The minimum atomic E-state index is -0.142. The summed E-state index contributed by atoms with van der Waals surface area (Å²) in [6.45, 7) is 14.3. The number of hydrogen-bond acceptors (Lipinski definition) is 3. The molecule has 0 aromatic carbocycles. The van der Waals surface area contributed by atoms with Crippen LogP contribution in [0.2, 0.25) is 0 Å². The lowest BCUT2D eigenvalue weighted by molar-refractivity contribution is -0.134. The van der Waals surface area contributed by atoms with Crippen molar-refractivity contribution in [1.29, 1.82) is 0 Å². The minimum Gasteiger partial charge on any atom is -0.377 e. The Hall–Kier alpha value is -0.610. The molecule has 0 aromatic rings. The summed E-state index contributed by atoms with van der Waals surface area (Å²) in [6, 6.07) is 0.207. The van der Waals surface area contributed by atoms with Crippen LogP contribution in [0.1, 0.15) is 54.4 Å². The summed E-state index contributed by atoms with van der Waals surface area (Å²) >= 11 is 0. The van der Waals surface area contributed by atoms with Gasteiger partial charge in [0.05, 0.1) is 12.1 Å². The molecule has 0 heterocycles. The second-order valence-electron chi connectivity index (χ2n) is 7.00. The lowest BCUT2D eigenvalue weighted by Crippen LogP contribution is -2.64. The van der Waals surface area contributed by atoms with Gasteiger partial charge in [0, 0.05) is 24.6 Å². The Bertz CT molecular complexity index is 316. The van der Waals surface area contributed by atoms with Crippen molar-refractivity contribution in [2.45, 2.75) is 72.6 Å². The molecular weight excluding hydrogens is 252 g/mol. The lowest BCUT2D eigenvalue weighted by Gasteiger charge is -2.52. The number of carbonyl (C=O) groups excluding carboxylic acids is 1. The van der Waals surface area contributed by atoms with E-state index in [1.165, 1.54) is 0 Å². The molecule has 1 aliphatic carbocycles. The molecule has 118 valence electrons. The fourth-order valence-electron chi connectivity index (χ4n) is 2.54. The monoisotopic (exact) mass is 284 g/mol. The highest BCUT2D eigenvalue weighted by Crippen LogP contribution is 2.43. The lowest BCUT2D eigenvalue weighted by atomic mass is 9.64. The number of nitrogens with one attached hydrogen (secondary N) is 2. The number of rotatable bonds is 8. The highest BCUT2D eigenvalue weighted by atomic mass is 16.5. The van der Waals surface area contributed by atoms with E-state index in [9.17, 15) is 4.79 Å². The largest absolute Gasteiger partial charge is 0.377 e. The number of ether oxygens (including phenoxy) is 1. The van der Waals surface area contributed by atoms with E-state index >= 15 is 0 Å². The highest BCUT2D eigenvalue weighted by molar-refractivity contribution is 5.81. The predicted octanol–water partition coefficient (Wildman–Crippen LogP) is 2.33. The number of carbonyl (C=O) groups is 1. The quantitative estimate of drug-likeness (QED) is 0.719. The van der Waals surface area contributed by atoms with E-state index in [1.54, 1.807) is 0 Å². The normalized spacial score (nSPS) is 26.1. The SMILES string of the molecule is CCCNC(=O)C(C)NC1CC(OCC(C)C)C1(C)C. The zero-order chi connectivity index (χ0) is 15.3. The van der Waals surface area contributed by atoms with Crippen molar-refractivity contribution in [3.63, 3.8) is 0 Å². The molecule has 1 fully saturated rings. The molecule has 1 rings (SSSR count). The maximum Gasteiger partial charge on any atom is 0.236 e. The molecule has 1 aliphatic rings. The van der Waals surface area contributed by atoms with Gasteiger partial charge in [-0.2, -0.15) is 0 Å². The molecule has 0 aliphatic heterocycles. The first-order chi connectivity index (χ1) is 9.28. The van der Waals surface area contributed by atoms with E-state index in [2.05, 4.69) is 45.3 Å². The molecular formula is C16H32N2O2. The molecule has 0 bridgehead atoms. The molecule has 4 nitrogen and oxygen atoms in total. The van der Waals surface area contributed by atoms with Gasteiger partial charge in [-0.25, -0.2) is 0 Å². The molecule has 3 unspecified atom stereocenters. The van der Waals surface area contributed by atoms with Crippen LogP contribution in [0.5, 0.6) is 0 Å². The van der Waals surface area contributed by atoms with Crippen LogP contribution in [0.3, 0.4) is 0 Å². The zero-order valence-electron chi connectivity index (χ0n) is 14.0. The van der Waals surface area contributed by atoms with E-state index in [0.717, 1.165) is 26.0 Å². The first-order valence-electron chi connectivity index (χ1n) is 7.94. The van der Waals surface area contributed by atoms with E-state index in [0.29, 0.717) is 18.1 Å². The second kappa shape index (κ2) is 7.41. The third-order valence-corrected chi connectivity index (χ3v) is 4.20. The molecule has 1 amide bonds. The Morgan fingerprint density at radius 1 is 1.35 bits per heavy atom. The maximum atomic E-state index is 11.9. The molecule has 0 saturated heterocycles. The van der Waals surface area contributed by atoms with Crippen molar-refractivity contribution in [3.05, 3.63) is 0 Å². The summed E-state index contributed by atoms with van der Waals surface area (Å²) in [7, 11) is 0. The average Bonchev–Trinajstić information content (AvgIpc) is 2.38. The van der Waals surface area contributed by atoms with Crippen LogP contribution in [0, 0.1) is 11.3 Å². The topological polar surface area (TPSA) is 50.4 Å².